The van der Waals surface area contributed by atoms with Crippen molar-refractivity contribution < 1.29 is 4.39 Å². The molecule has 2 atom stereocenters. The minimum Gasteiger partial charge on any atom is -0.207 e. The second-order valence-corrected chi connectivity index (χ2v) is 4.94. The Balaban J connectivity index is 2.11. The van der Waals surface area contributed by atoms with E-state index in [9.17, 15) is 4.39 Å². The Labute approximate surface area is 114 Å². The van der Waals surface area contributed by atoms with E-state index in [1.165, 1.54) is 17.7 Å². The lowest BCUT2D eigenvalue weighted by atomic mass is 9.86. The van der Waals surface area contributed by atoms with E-state index >= 15 is 0 Å². The zero-order valence-corrected chi connectivity index (χ0v) is 11.2. The summed E-state index contributed by atoms with van der Waals surface area (Å²) < 4.78 is 13.0. The molecule has 0 bridgehead atoms. The Morgan fingerprint density at radius 2 is 1.63 bits per heavy atom. The van der Waals surface area contributed by atoms with Crippen molar-refractivity contribution >= 4 is 0 Å². The highest BCUT2D eigenvalue weighted by Crippen LogP contribution is 2.30. The molecule has 19 heavy (non-hydrogen) atoms. The number of halogens is 1. The first kappa shape index (κ1) is 13.5. The Morgan fingerprint density at radius 1 is 1.00 bits per heavy atom. The van der Waals surface area contributed by atoms with Gasteiger partial charge in [0.05, 0.1) is 0 Å². The van der Waals surface area contributed by atoms with E-state index in [0.717, 1.165) is 12.0 Å². The molecule has 0 saturated carbocycles. The van der Waals surface area contributed by atoms with Crippen LogP contribution in [0.15, 0.2) is 67.3 Å². The van der Waals surface area contributed by atoms with Gasteiger partial charge in [0.25, 0.3) is 0 Å². The molecule has 0 N–H and O–H groups in total. The van der Waals surface area contributed by atoms with Gasteiger partial charge in [-0.05, 0) is 35.6 Å². The zero-order chi connectivity index (χ0) is 13.7. The average Bonchev–Trinajstić information content (AvgIpc) is 2.46. The van der Waals surface area contributed by atoms with Gasteiger partial charge < -0.3 is 0 Å². The van der Waals surface area contributed by atoms with E-state index in [-0.39, 0.29) is 11.7 Å². The van der Waals surface area contributed by atoms with Gasteiger partial charge in [0.1, 0.15) is 5.82 Å². The summed E-state index contributed by atoms with van der Waals surface area (Å²) in [4.78, 5) is 0. The summed E-state index contributed by atoms with van der Waals surface area (Å²) in [6.45, 7) is 6.13. The number of rotatable bonds is 5. The quantitative estimate of drug-likeness (QED) is 0.636. The summed E-state index contributed by atoms with van der Waals surface area (Å²) in [5.74, 6) is 0.521. The number of allylic oxidation sites excluding steroid dienone is 1. The lowest BCUT2D eigenvalue weighted by molar-refractivity contribution is 0.616. The van der Waals surface area contributed by atoms with Crippen molar-refractivity contribution in [3.8, 4) is 0 Å². The Morgan fingerprint density at radius 3 is 2.21 bits per heavy atom. The summed E-state index contributed by atoms with van der Waals surface area (Å²) in [6, 6.07) is 17.2. The van der Waals surface area contributed by atoms with Crippen LogP contribution in [0, 0.1) is 5.82 Å². The summed E-state index contributed by atoms with van der Waals surface area (Å²) in [5, 5.41) is 0. The molecule has 0 aromatic heterocycles. The minimum absolute atomic E-state index is 0.192. The molecular formula is C18H19F. The van der Waals surface area contributed by atoms with Gasteiger partial charge in [0.2, 0.25) is 0 Å². The SMILES string of the molecule is C=CC(CC(C)c1ccccc1)c1ccc(F)cc1. The van der Waals surface area contributed by atoms with Crippen molar-refractivity contribution in [1.29, 1.82) is 0 Å². The molecule has 0 radical (unpaired) electrons. The van der Waals surface area contributed by atoms with Crippen LogP contribution >= 0.6 is 0 Å². The van der Waals surface area contributed by atoms with Crippen LogP contribution in [0.1, 0.15) is 36.3 Å². The Bertz CT molecular complexity index is 513. The molecule has 0 amide bonds. The maximum atomic E-state index is 13.0. The summed E-state index contributed by atoms with van der Waals surface area (Å²) in [7, 11) is 0. The van der Waals surface area contributed by atoms with Crippen LogP contribution in [0.25, 0.3) is 0 Å². The van der Waals surface area contributed by atoms with Gasteiger partial charge in [-0.25, -0.2) is 4.39 Å². The van der Waals surface area contributed by atoms with E-state index in [1.807, 2.05) is 24.3 Å². The van der Waals surface area contributed by atoms with Gasteiger partial charge in [-0.15, -0.1) is 6.58 Å². The van der Waals surface area contributed by atoms with Gasteiger partial charge >= 0.3 is 0 Å². The Kier molecular flexibility index (Phi) is 4.51. The molecule has 2 aromatic rings. The second-order valence-electron chi connectivity index (χ2n) is 4.94. The zero-order valence-electron chi connectivity index (χ0n) is 11.2. The molecule has 2 rings (SSSR count). The molecule has 0 saturated heterocycles. The average molecular weight is 254 g/mol. The molecule has 0 aliphatic heterocycles. The highest BCUT2D eigenvalue weighted by Gasteiger charge is 2.13. The number of hydrogen-bond acceptors (Lipinski definition) is 0. The smallest absolute Gasteiger partial charge is 0.123 e. The highest BCUT2D eigenvalue weighted by atomic mass is 19.1. The normalized spacial score (nSPS) is 13.8. The summed E-state index contributed by atoms with van der Waals surface area (Å²) in [6.07, 6.45) is 2.94. The number of benzene rings is 2. The molecule has 1 heteroatoms. The van der Waals surface area contributed by atoms with Crippen LogP contribution in [0.3, 0.4) is 0 Å². The van der Waals surface area contributed by atoms with Crippen molar-refractivity contribution in [1.82, 2.24) is 0 Å². The van der Waals surface area contributed by atoms with Crippen LogP contribution in [0.2, 0.25) is 0 Å². The van der Waals surface area contributed by atoms with Crippen molar-refractivity contribution in [3.05, 3.63) is 84.2 Å². The van der Waals surface area contributed by atoms with Gasteiger partial charge in [-0.2, -0.15) is 0 Å². The van der Waals surface area contributed by atoms with Crippen molar-refractivity contribution in [2.75, 3.05) is 0 Å². The van der Waals surface area contributed by atoms with Crippen LogP contribution in [0.5, 0.6) is 0 Å². The molecule has 0 nitrogen and oxygen atoms in total. The maximum absolute atomic E-state index is 13.0. The lowest BCUT2D eigenvalue weighted by Crippen LogP contribution is -2.02. The molecule has 0 fully saturated rings. The summed E-state index contributed by atoms with van der Waals surface area (Å²) in [5.41, 5.74) is 2.45. The van der Waals surface area contributed by atoms with E-state index in [2.05, 4.69) is 37.8 Å². The van der Waals surface area contributed by atoms with Gasteiger partial charge in [-0.1, -0.05) is 55.5 Å². The van der Waals surface area contributed by atoms with Gasteiger partial charge in [0, 0.05) is 5.92 Å². The van der Waals surface area contributed by atoms with Crippen LogP contribution < -0.4 is 0 Å². The first-order chi connectivity index (χ1) is 9.20. The largest absolute Gasteiger partial charge is 0.207 e. The molecule has 2 aromatic carbocycles. The molecule has 0 heterocycles. The third-order valence-corrected chi connectivity index (χ3v) is 3.56. The molecule has 98 valence electrons. The summed E-state index contributed by atoms with van der Waals surface area (Å²) >= 11 is 0. The molecule has 0 spiro atoms. The van der Waals surface area contributed by atoms with Crippen LogP contribution in [-0.2, 0) is 0 Å². The van der Waals surface area contributed by atoms with E-state index in [1.54, 1.807) is 0 Å². The maximum Gasteiger partial charge on any atom is 0.123 e. The lowest BCUT2D eigenvalue weighted by Gasteiger charge is -2.18. The third kappa shape index (κ3) is 3.54. The monoisotopic (exact) mass is 254 g/mol. The fraction of sp³-hybridized carbons (Fsp3) is 0.222. The fourth-order valence-corrected chi connectivity index (χ4v) is 2.38. The topological polar surface area (TPSA) is 0 Å². The third-order valence-electron chi connectivity index (χ3n) is 3.56. The van der Waals surface area contributed by atoms with Crippen molar-refractivity contribution in [2.45, 2.75) is 25.2 Å². The van der Waals surface area contributed by atoms with Crippen molar-refractivity contribution in [3.63, 3.8) is 0 Å². The van der Waals surface area contributed by atoms with Crippen LogP contribution in [0.4, 0.5) is 4.39 Å². The standard InChI is InChI=1S/C18H19F/c1-3-15(17-9-11-18(19)12-10-17)13-14(2)16-7-5-4-6-8-16/h3-12,14-15H,1,13H2,2H3. The predicted octanol–water partition coefficient (Wildman–Crippen LogP) is 5.29. The molecular weight excluding hydrogens is 235 g/mol. The van der Waals surface area contributed by atoms with Crippen molar-refractivity contribution in [2.24, 2.45) is 0 Å². The molecule has 0 aliphatic carbocycles. The number of hydrogen-bond donors (Lipinski definition) is 0. The van der Waals surface area contributed by atoms with Crippen LogP contribution in [-0.4, -0.2) is 0 Å². The highest BCUT2D eigenvalue weighted by molar-refractivity contribution is 5.26. The van der Waals surface area contributed by atoms with E-state index in [0.29, 0.717) is 5.92 Å². The van der Waals surface area contributed by atoms with E-state index < -0.39 is 0 Å². The second kappa shape index (κ2) is 6.33. The molecule has 0 aliphatic rings. The van der Waals surface area contributed by atoms with Gasteiger partial charge in [-0.3, -0.25) is 0 Å². The Hall–Kier alpha value is -1.89. The van der Waals surface area contributed by atoms with E-state index in [4.69, 9.17) is 0 Å². The molecule has 2 unspecified atom stereocenters. The first-order valence-electron chi connectivity index (χ1n) is 6.63. The first-order valence-corrected chi connectivity index (χ1v) is 6.63. The van der Waals surface area contributed by atoms with Gasteiger partial charge in [0.15, 0.2) is 0 Å². The minimum atomic E-state index is -0.192. The fourth-order valence-electron chi connectivity index (χ4n) is 2.38. The predicted molar refractivity (Wildman–Crippen MR) is 78.8 cm³/mol.